The largest absolute Gasteiger partial charge is 0.272 e. The Morgan fingerprint density at radius 3 is 2.29 bits per heavy atom. The van der Waals surface area contributed by atoms with E-state index < -0.39 is 19.7 Å². The van der Waals surface area contributed by atoms with Crippen LogP contribution in [0.15, 0.2) is 64.4 Å². The number of allylic oxidation sites excluding steroid dienone is 1. The Kier molecular flexibility index (Phi) is 6.88. The highest BCUT2D eigenvalue weighted by Gasteiger charge is 2.35. The zero-order valence-electron chi connectivity index (χ0n) is 19.2. The molecule has 0 atom stereocenters. The fourth-order valence-electron chi connectivity index (χ4n) is 3.67. The van der Waals surface area contributed by atoms with E-state index in [4.69, 9.17) is 5.10 Å². The van der Waals surface area contributed by atoms with Gasteiger partial charge in [-0.2, -0.15) is 0 Å². The van der Waals surface area contributed by atoms with E-state index in [1.165, 1.54) is 24.3 Å². The first-order valence-electron chi connectivity index (χ1n) is 10.6. The van der Waals surface area contributed by atoms with E-state index in [-0.39, 0.29) is 18.1 Å². The van der Waals surface area contributed by atoms with Gasteiger partial charge in [-0.05, 0) is 24.6 Å². The summed E-state index contributed by atoms with van der Waals surface area (Å²) in [7, 11) is -6.37. The van der Waals surface area contributed by atoms with Gasteiger partial charge < -0.3 is 0 Å². The lowest BCUT2D eigenvalue weighted by Gasteiger charge is -2.27. The topological polar surface area (TPSA) is 99.5 Å². The van der Waals surface area contributed by atoms with Crippen LogP contribution in [0, 0.1) is 6.92 Å². The first-order valence-corrected chi connectivity index (χ1v) is 15.7. The van der Waals surface area contributed by atoms with E-state index in [0.29, 0.717) is 16.7 Å². The summed E-state index contributed by atoms with van der Waals surface area (Å²) in [5.74, 6) is 0.966. The summed E-state index contributed by atoms with van der Waals surface area (Å²) in [6.45, 7) is 2.15. The molecule has 0 radical (unpaired) electrons. The second-order valence-corrected chi connectivity index (χ2v) is 13.8. The SMILES string of the molecule is Cc1ccccc1N1C(SCCS(C)(=O)=O)=NN(CCS(C)(=O)=O)C1=C1C=Nc2ccccc21. The van der Waals surface area contributed by atoms with E-state index in [1.807, 2.05) is 60.4 Å². The van der Waals surface area contributed by atoms with Crippen LogP contribution in [0.3, 0.4) is 0 Å². The number of hydrazone groups is 1. The Morgan fingerprint density at radius 2 is 1.59 bits per heavy atom. The van der Waals surface area contributed by atoms with Gasteiger partial charge in [0.2, 0.25) is 0 Å². The van der Waals surface area contributed by atoms with Crippen LogP contribution in [0.2, 0.25) is 0 Å². The van der Waals surface area contributed by atoms with E-state index >= 15 is 0 Å². The number of sulfone groups is 2. The predicted molar refractivity (Wildman–Crippen MR) is 141 cm³/mol. The third kappa shape index (κ3) is 5.53. The van der Waals surface area contributed by atoms with Crippen LogP contribution < -0.4 is 4.90 Å². The van der Waals surface area contributed by atoms with Crippen LogP contribution in [-0.2, 0) is 19.7 Å². The number of rotatable bonds is 7. The fourth-order valence-corrected chi connectivity index (χ4v) is 6.38. The summed E-state index contributed by atoms with van der Waals surface area (Å²) in [4.78, 5) is 6.53. The van der Waals surface area contributed by atoms with Crippen LogP contribution in [0.4, 0.5) is 11.4 Å². The van der Waals surface area contributed by atoms with E-state index in [1.54, 1.807) is 11.2 Å². The molecule has 2 heterocycles. The van der Waals surface area contributed by atoms with Gasteiger partial charge in [0.1, 0.15) is 25.5 Å². The number of hydrogen-bond acceptors (Lipinski definition) is 9. The second-order valence-electron chi connectivity index (χ2n) is 8.25. The number of nitrogens with zero attached hydrogens (tertiary/aromatic N) is 4. The minimum Gasteiger partial charge on any atom is -0.272 e. The van der Waals surface area contributed by atoms with Gasteiger partial charge in [0.05, 0.1) is 29.4 Å². The highest BCUT2D eigenvalue weighted by atomic mass is 32.2. The van der Waals surface area contributed by atoms with Crippen molar-refractivity contribution in [2.45, 2.75) is 6.92 Å². The van der Waals surface area contributed by atoms with Crippen molar-refractivity contribution in [3.63, 3.8) is 0 Å². The molecule has 180 valence electrons. The quantitative estimate of drug-likeness (QED) is 0.555. The van der Waals surface area contributed by atoms with Crippen molar-refractivity contribution in [3.8, 4) is 0 Å². The fraction of sp³-hybridized carbons (Fsp3) is 0.304. The van der Waals surface area contributed by atoms with E-state index in [9.17, 15) is 16.8 Å². The Bertz CT molecular complexity index is 1410. The number of anilines is 1. The molecule has 2 aliphatic heterocycles. The van der Waals surface area contributed by atoms with Crippen molar-refractivity contribution >= 4 is 59.8 Å². The standard InChI is InChI=1S/C23H26N4O4S3/c1-17-8-4-7-11-21(17)27-22(19-16-24-20-10-6-5-9-18(19)20)26(12-14-33(2,28)29)25-23(27)32-13-15-34(3,30)31/h4-11,16H,12-15H2,1-3H3. The minimum absolute atomic E-state index is 0.0117. The number of fused-ring (bicyclic) bond motifs is 1. The van der Waals surface area contributed by atoms with Gasteiger partial charge in [0, 0.05) is 35.6 Å². The van der Waals surface area contributed by atoms with Gasteiger partial charge >= 0.3 is 0 Å². The van der Waals surface area contributed by atoms with Gasteiger partial charge in [0.15, 0.2) is 5.17 Å². The third-order valence-electron chi connectivity index (χ3n) is 5.34. The lowest BCUT2D eigenvalue weighted by atomic mass is 10.1. The van der Waals surface area contributed by atoms with Crippen molar-refractivity contribution in [1.82, 2.24) is 5.01 Å². The molecule has 0 aromatic heterocycles. The molecule has 0 unspecified atom stereocenters. The number of benzene rings is 2. The molecule has 0 aliphatic carbocycles. The lowest BCUT2D eigenvalue weighted by molar-refractivity contribution is 0.403. The van der Waals surface area contributed by atoms with E-state index in [0.717, 1.165) is 28.1 Å². The van der Waals surface area contributed by atoms with Crippen molar-refractivity contribution < 1.29 is 16.8 Å². The summed E-state index contributed by atoms with van der Waals surface area (Å²) in [5, 5.41) is 7.05. The smallest absolute Gasteiger partial charge is 0.193 e. The average Bonchev–Trinajstić information content (AvgIpc) is 3.32. The summed E-state index contributed by atoms with van der Waals surface area (Å²) in [6.07, 6.45) is 4.19. The van der Waals surface area contributed by atoms with Crippen LogP contribution in [0.5, 0.6) is 0 Å². The van der Waals surface area contributed by atoms with Crippen molar-refractivity contribution in [3.05, 3.63) is 65.5 Å². The summed E-state index contributed by atoms with van der Waals surface area (Å²) < 4.78 is 47.4. The molecule has 34 heavy (non-hydrogen) atoms. The van der Waals surface area contributed by atoms with E-state index in [2.05, 4.69) is 4.99 Å². The first-order chi connectivity index (χ1) is 16.0. The molecular weight excluding hydrogens is 492 g/mol. The molecule has 0 spiro atoms. The second kappa shape index (κ2) is 9.55. The van der Waals surface area contributed by atoms with Gasteiger partial charge in [-0.1, -0.05) is 48.2 Å². The highest BCUT2D eigenvalue weighted by Crippen LogP contribution is 2.41. The Labute approximate surface area is 204 Å². The van der Waals surface area contributed by atoms with Crippen molar-refractivity contribution in [2.75, 3.05) is 41.2 Å². The van der Waals surface area contributed by atoms with Gasteiger partial charge in [-0.15, -0.1) is 5.10 Å². The zero-order chi connectivity index (χ0) is 24.5. The third-order valence-corrected chi connectivity index (χ3v) is 8.40. The molecule has 0 fully saturated rings. The minimum atomic E-state index is -3.23. The molecule has 2 aromatic rings. The highest BCUT2D eigenvalue weighted by molar-refractivity contribution is 8.14. The monoisotopic (exact) mass is 518 g/mol. The van der Waals surface area contributed by atoms with Gasteiger partial charge in [0.25, 0.3) is 0 Å². The number of para-hydroxylation sites is 2. The van der Waals surface area contributed by atoms with Gasteiger partial charge in [-0.3, -0.25) is 9.89 Å². The summed E-state index contributed by atoms with van der Waals surface area (Å²) >= 11 is 1.33. The van der Waals surface area contributed by atoms with Crippen molar-refractivity contribution in [2.24, 2.45) is 10.1 Å². The van der Waals surface area contributed by atoms with Crippen LogP contribution in [0.25, 0.3) is 5.57 Å². The molecule has 8 nitrogen and oxygen atoms in total. The Morgan fingerprint density at radius 1 is 0.912 bits per heavy atom. The molecular formula is C23H26N4O4S3. The molecule has 11 heteroatoms. The van der Waals surface area contributed by atoms with Crippen LogP contribution in [-0.4, -0.2) is 69.5 Å². The molecule has 2 aromatic carbocycles. The maximum atomic E-state index is 12.0. The molecule has 0 N–H and O–H groups in total. The number of aliphatic imine (C=N–C) groups is 1. The molecule has 0 bridgehead atoms. The zero-order valence-corrected chi connectivity index (χ0v) is 21.6. The Hall–Kier alpha value is -2.63. The maximum absolute atomic E-state index is 12.0. The summed E-state index contributed by atoms with van der Waals surface area (Å²) in [6, 6.07) is 15.6. The first kappa shape index (κ1) is 24.5. The predicted octanol–water partition coefficient (Wildman–Crippen LogP) is 3.30. The average molecular weight is 519 g/mol. The van der Waals surface area contributed by atoms with Crippen LogP contribution >= 0.6 is 11.8 Å². The van der Waals surface area contributed by atoms with Crippen LogP contribution in [0.1, 0.15) is 11.1 Å². The number of hydrogen-bond donors (Lipinski definition) is 0. The summed E-state index contributed by atoms with van der Waals surface area (Å²) in [5.41, 5.74) is 4.48. The number of amidine groups is 1. The molecule has 4 rings (SSSR count). The Balaban J connectivity index is 1.85. The number of aryl methyl sites for hydroxylation is 1. The molecule has 0 saturated heterocycles. The van der Waals surface area contributed by atoms with Gasteiger partial charge in [-0.25, -0.2) is 21.8 Å². The molecule has 2 aliphatic rings. The molecule has 0 saturated carbocycles. The maximum Gasteiger partial charge on any atom is 0.193 e. The number of thioether (sulfide) groups is 1. The van der Waals surface area contributed by atoms with Crippen molar-refractivity contribution in [1.29, 1.82) is 0 Å². The normalized spacial score (nSPS) is 17.9. The lowest BCUT2D eigenvalue weighted by Crippen LogP contribution is -2.31. The molecule has 0 amide bonds.